The second kappa shape index (κ2) is 7.64. The quantitative estimate of drug-likeness (QED) is 0.782. The summed E-state index contributed by atoms with van der Waals surface area (Å²) >= 11 is 0. The van der Waals surface area contributed by atoms with Gasteiger partial charge in [-0.15, -0.1) is 0 Å². The highest BCUT2D eigenvalue weighted by atomic mass is 19.1. The molecule has 136 valence electrons. The number of likely N-dealkylation sites (tertiary alicyclic amines) is 1. The summed E-state index contributed by atoms with van der Waals surface area (Å²) in [6, 6.07) is 9.75. The largest absolute Gasteiger partial charge is 0.497 e. The molecule has 4 nitrogen and oxygen atoms in total. The number of piperidine rings is 1. The molecule has 1 aliphatic heterocycles. The van der Waals surface area contributed by atoms with Gasteiger partial charge in [0, 0.05) is 24.6 Å². The van der Waals surface area contributed by atoms with Crippen molar-refractivity contribution < 1.29 is 23.1 Å². The number of halogens is 2. The Labute approximate surface area is 150 Å². The van der Waals surface area contributed by atoms with Gasteiger partial charge in [0.15, 0.2) is 5.78 Å². The lowest BCUT2D eigenvalue weighted by Gasteiger charge is -2.31. The van der Waals surface area contributed by atoms with Crippen molar-refractivity contribution in [3.8, 4) is 5.75 Å². The Hall–Kier alpha value is -2.76. The summed E-state index contributed by atoms with van der Waals surface area (Å²) in [6.45, 7) is 0.669. The molecule has 1 heterocycles. The molecule has 0 saturated carbocycles. The van der Waals surface area contributed by atoms with Gasteiger partial charge in [0.2, 0.25) is 0 Å². The lowest BCUT2D eigenvalue weighted by atomic mass is 9.88. The topological polar surface area (TPSA) is 46.6 Å². The molecule has 0 spiro atoms. The van der Waals surface area contributed by atoms with E-state index in [0.29, 0.717) is 37.2 Å². The molecular formula is C20H19F2NO3. The van der Waals surface area contributed by atoms with E-state index < -0.39 is 17.5 Å². The van der Waals surface area contributed by atoms with Crippen LogP contribution >= 0.6 is 0 Å². The average Bonchev–Trinajstić information content (AvgIpc) is 2.69. The highest BCUT2D eigenvalue weighted by Crippen LogP contribution is 2.24. The summed E-state index contributed by atoms with van der Waals surface area (Å²) < 4.78 is 32.2. The molecule has 2 aromatic rings. The zero-order valence-electron chi connectivity index (χ0n) is 14.4. The molecular weight excluding hydrogens is 340 g/mol. The van der Waals surface area contributed by atoms with E-state index in [2.05, 4.69) is 0 Å². The van der Waals surface area contributed by atoms with Crippen molar-refractivity contribution in [2.75, 3.05) is 20.2 Å². The molecule has 1 aliphatic rings. The third kappa shape index (κ3) is 3.74. The van der Waals surface area contributed by atoms with Crippen LogP contribution in [0.2, 0.25) is 0 Å². The molecule has 6 heteroatoms. The summed E-state index contributed by atoms with van der Waals surface area (Å²) in [5.41, 5.74) is 0.330. The smallest absolute Gasteiger partial charge is 0.256 e. The summed E-state index contributed by atoms with van der Waals surface area (Å²) in [5.74, 6) is -1.43. The van der Waals surface area contributed by atoms with Crippen LogP contribution in [-0.4, -0.2) is 36.8 Å². The molecule has 1 saturated heterocycles. The predicted octanol–water partition coefficient (Wildman–Crippen LogP) is 3.71. The molecule has 0 bridgehead atoms. The molecule has 0 N–H and O–H groups in total. The fourth-order valence-electron chi connectivity index (χ4n) is 3.17. The minimum absolute atomic E-state index is 0.0247. The highest BCUT2D eigenvalue weighted by Gasteiger charge is 2.29. The molecule has 0 aliphatic carbocycles. The monoisotopic (exact) mass is 359 g/mol. The van der Waals surface area contributed by atoms with Crippen LogP contribution in [0, 0.1) is 17.6 Å². The van der Waals surface area contributed by atoms with Crippen LogP contribution in [0.15, 0.2) is 42.5 Å². The molecule has 0 radical (unpaired) electrons. The third-order valence-electron chi connectivity index (χ3n) is 4.69. The number of benzene rings is 2. The van der Waals surface area contributed by atoms with E-state index >= 15 is 0 Å². The number of carbonyl (C=O) groups is 2. The Kier molecular flexibility index (Phi) is 5.30. The zero-order valence-corrected chi connectivity index (χ0v) is 14.4. The second-order valence-electron chi connectivity index (χ2n) is 6.28. The van der Waals surface area contributed by atoms with E-state index in [0.717, 1.165) is 18.2 Å². The minimum atomic E-state index is -0.743. The number of nitrogens with zero attached hydrogens (tertiary/aromatic N) is 1. The Morgan fingerprint density at radius 3 is 2.31 bits per heavy atom. The van der Waals surface area contributed by atoms with Gasteiger partial charge in [0.1, 0.15) is 17.4 Å². The lowest BCUT2D eigenvalue weighted by molar-refractivity contribution is 0.0646. The Balaban J connectivity index is 1.64. The van der Waals surface area contributed by atoms with Crippen molar-refractivity contribution in [2.45, 2.75) is 12.8 Å². The number of hydrogen-bond acceptors (Lipinski definition) is 3. The van der Waals surface area contributed by atoms with Gasteiger partial charge < -0.3 is 9.64 Å². The Bertz CT molecular complexity index is 812. The second-order valence-corrected chi connectivity index (χ2v) is 6.28. The average molecular weight is 359 g/mol. The summed E-state index contributed by atoms with van der Waals surface area (Å²) in [6.07, 6.45) is 0.987. The van der Waals surface area contributed by atoms with E-state index in [1.807, 2.05) is 0 Å². The molecule has 2 aromatic carbocycles. The van der Waals surface area contributed by atoms with Gasteiger partial charge in [-0.2, -0.15) is 0 Å². The van der Waals surface area contributed by atoms with Gasteiger partial charge >= 0.3 is 0 Å². The number of Topliss-reactive ketones (excluding diaryl/α,β-unsaturated/α-hetero) is 1. The maximum absolute atomic E-state index is 13.8. The van der Waals surface area contributed by atoms with E-state index in [1.54, 1.807) is 31.4 Å². The summed E-state index contributed by atoms with van der Waals surface area (Å²) in [7, 11) is 1.56. The SMILES string of the molecule is COc1ccc(C(=O)C2CCN(C(=O)c3cc(F)ccc3F)CC2)cc1. The van der Waals surface area contributed by atoms with Crippen molar-refractivity contribution >= 4 is 11.7 Å². The van der Waals surface area contributed by atoms with Crippen LogP contribution in [0.5, 0.6) is 5.75 Å². The fraction of sp³-hybridized carbons (Fsp3) is 0.300. The number of methoxy groups -OCH3 is 1. The zero-order chi connectivity index (χ0) is 18.7. The van der Waals surface area contributed by atoms with Crippen LogP contribution in [-0.2, 0) is 0 Å². The molecule has 3 rings (SSSR count). The molecule has 0 aromatic heterocycles. The van der Waals surface area contributed by atoms with Gasteiger partial charge in [-0.1, -0.05) is 0 Å². The van der Waals surface area contributed by atoms with E-state index in [9.17, 15) is 18.4 Å². The van der Waals surface area contributed by atoms with Gasteiger partial charge in [0.05, 0.1) is 12.7 Å². The maximum atomic E-state index is 13.8. The van der Waals surface area contributed by atoms with Crippen LogP contribution in [0.4, 0.5) is 8.78 Å². The first-order valence-corrected chi connectivity index (χ1v) is 8.42. The number of carbonyl (C=O) groups excluding carboxylic acids is 2. The van der Waals surface area contributed by atoms with Gasteiger partial charge in [-0.05, 0) is 55.3 Å². The number of amides is 1. The van der Waals surface area contributed by atoms with Gasteiger partial charge in [-0.25, -0.2) is 8.78 Å². The Morgan fingerprint density at radius 1 is 1.04 bits per heavy atom. The first kappa shape index (κ1) is 18.0. The predicted molar refractivity (Wildman–Crippen MR) is 92.3 cm³/mol. The maximum Gasteiger partial charge on any atom is 0.256 e. The lowest BCUT2D eigenvalue weighted by Crippen LogP contribution is -2.40. The molecule has 1 fully saturated rings. The van der Waals surface area contributed by atoms with Crippen molar-refractivity contribution in [2.24, 2.45) is 5.92 Å². The van der Waals surface area contributed by atoms with Crippen LogP contribution in [0.1, 0.15) is 33.6 Å². The van der Waals surface area contributed by atoms with Crippen LogP contribution in [0.3, 0.4) is 0 Å². The van der Waals surface area contributed by atoms with Gasteiger partial charge in [0.25, 0.3) is 5.91 Å². The van der Waals surface area contributed by atoms with Crippen LogP contribution in [0.25, 0.3) is 0 Å². The van der Waals surface area contributed by atoms with E-state index in [1.165, 1.54) is 4.90 Å². The number of ether oxygens (including phenoxy) is 1. The summed E-state index contributed by atoms with van der Waals surface area (Å²) in [5, 5.41) is 0. The molecule has 26 heavy (non-hydrogen) atoms. The normalized spacial score (nSPS) is 15.0. The number of hydrogen-bond donors (Lipinski definition) is 0. The summed E-state index contributed by atoms with van der Waals surface area (Å²) in [4.78, 5) is 26.5. The van der Waals surface area contributed by atoms with Gasteiger partial charge in [-0.3, -0.25) is 9.59 Å². The van der Waals surface area contributed by atoms with E-state index in [-0.39, 0.29) is 17.3 Å². The fourth-order valence-corrected chi connectivity index (χ4v) is 3.17. The standard InChI is InChI=1S/C20H19F2NO3/c1-26-16-5-2-13(3-6-16)19(24)14-8-10-23(11-9-14)20(25)17-12-15(21)4-7-18(17)22/h2-7,12,14H,8-11H2,1H3. The Morgan fingerprint density at radius 2 is 1.69 bits per heavy atom. The molecule has 0 unspecified atom stereocenters. The first-order chi connectivity index (χ1) is 12.5. The van der Waals surface area contributed by atoms with Crippen LogP contribution < -0.4 is 4.74 Å². The van der Waals surface area contributed by atoms with Crippen molar-refractivity contribution in [1.29, 1.82) is 0 Å². The molecule has 1 amide bonds. The van der Waals surface area contributed by atoms with E-state index in [4.69, 9.17) is 4.74 Å². The number of rotatable bonds is 4. The third-order valence-corrected chi connectivity index (χ3v) is 4.69. The van der Waals surface area contributed by atoms with Crippen molar-refractivity contribution in [3.63, 3.8) is 0 Å². The number of ketones is 1. The van der Waals surface area contributed by atoms with Crippen molar-refractivity contribution in [1.82, 2.24) is 4.90 Å². The van der Waals surface area contributed by atoms with Crippen molar-refractivity contribution in [3.05, 3.63) is 65.2 Å². The first-order valence-electron chi connectivity index (χ1n) is 8.42. The highest BCUT2D eigenvalue weighted by molar-refractivity contribution is 5.98. The minimum Gasteiger partial charge on any atom is -0.497 e. The molecule has 0 atom stereocenters.